The number of ether oxygens (including phenoxy) is 1. The number of benzene rings is 1. The van der Waals surface area contributed by atoms with Gasteiger partial charge in [-0.1, -0.05) is 33.8 Å². The second kappa shape index (κ2) is 6.41. The summed E-state index contributed by atoms with van der Waals surface area (Å²) >= 11 is 0. The predicted octanol–water partition coefficient (Wildman–Crippen LogP) is 3.94. The third-order valence-electron chi connectivity index (χ3n) is 3.09. The Balaban J connectivity index is 3.34. The van der Waals surface area contributed by atoms with Gasteiger partial charge in [0.2, 0.25) is 0 Å². The molecular weight excluding hydrogens is 240 g/mol. The average Bonchev–Trinajstić information content (AvgIpc) is 2.34. The van der Waals surface area contributed by atoms with Gasteiger partial charge >= 0.3 is 5.97 Å². The number of aliphatic carboxylic acids is 1. The van der Waals surface area contributed by atoms with Crippen molar-refractivity contribution in [3.05, 3.63) is 35.4 Å². The van der Waals surface area contributed by atoms with E-state index in [1.807, 2.05) is 32.0 Å². The summed E-state index contributed by atoms with van der Waals surface area (Å²) < 4.78 is 5.35. The van der Waals surface area contributed by atoms with E-state index in [-0.39, 0.29) is 5.92 Å². The molecule has 0 fully saturated rings. The minimum absolute atomic E-state index is 0.157. The molecule has 19 heavy (non-hydrogen) atoms. The van der Waals surface area contributed by atoms with Gasteiger partial charge in [-0.05, 0) is 40.7 Å². The normalized spacial score (nSPS) is 12.1. The van der Waals surface area contributed by atoms with Crippen LogP contribution in [0.15, 0.2) is 24.3 Å². The summed E-state index contributed by atoms with van der Waals surface area (Å²) in [7, 11) is 1.65. The quantitative estimate of drug-likeness (QED) is 0.817. The molecular formula is C16H22O3. The smallest absolute Gasteiger partial charge is 0.328 e. The lowest BCUT2D eigenvalue weighted by atomic mass is 9.91. The van der Waals surface area contributed by atoms with Crippen LogP contribution in [-0.4, -0.2) is 18.2 Å². The molecule has 0 saturated carbocycles. The highest BCUT2D eigenvalue weighted by Crippen LogP contribution is 2.32. The van der Waals surface area contributed by atoms with E-state index in [0.717, 1.165) is 22.4 Å². The largest absolute Gasteiger partial charge is 0.496 e. The summed E-state index contributed by atoms with van der Waals surface area (Å²) in [4.78, 5) is 10.9. The Morgan fingerprint density at radius 3 is 2.32 bits per heavy atom. The van der Waals surface area contributed by atoms with E-state index in [0.29, 0.717) is 5.92 Å². The number of carboxylic acid groups (broad SMARTS) is 1. The van der Waals surface area contributed by atoms with Crippen LogP contribution in [0, 0.1) is 5.92 Å². The second-order valence-electron chi connectivity index (χ2n) is 5.20. The second-order valence-corrected chi connectivity index (χ2v) is 5.20. The molecule has 1 N–H and O–H groups in total. The molecule has 0 bridgehead atoms. The first-order valence-corrected chi connectivity index (χ1v) is 6.49. The molecule has 0 spiro atoms. The first-order chi connectivity index (χ1) is 8.86. The summed E-state index contributed by atoms with van der Waals surface area (Å²) in [6.07, 6.45) is 1.29. The molecule has 0 heterocycles. The van der Waals surface area contributed by atoms with E-state index in [4.69, 9.17) is 9.84 Å². The van der Waals surface area contributed by atoms with Crippen LogP contribution in [0.5, 0.6) is 5.75 Å². The van der Waals surface area contributed by atoms with Crippen LogP contribution < -0.4 is 4.74 Å². The molecule has 3 nitrogen and oxygen atoms in total. The number of hydrogen-bond donors (Lipinski definition) is 1. The molecule has 1 aromatic rings. The van der Waals surface area contributed by atoms with Crippen molar-refractivity contribution in [2.45, 2.75) is 33.6 Å². The predicted molar refractivity (Wildman–Crippen MR) is 77.5 cm³/mol. The number of hydrogen-bond acceptors (Lipinski definition) is 2. The Morgan fingerprint density at radius 2 is 1.89 bits per heavy atom. The Kier molecular flexibility index (Phi) is 5.16. The van der Waals surface area contributed by atoms with Crippen LogP contribution in [-0.2, 0) is 4.79 Å². The van der Waals surface area contributed by atoms with Crippen molar-refractivity contribution in [3.8, 4) is 5.75 Å². The zero-order valence-electron chi connectivity index (χ0n) is 12.2. The van der Waals surface area contributed by atoms with Gasteiger partial charge in [-0.2, -0.15) is 0 Å². The molecule has 1 aromatic carbocycles. The molecule has 0 aromatic heterocycles. The molecule has 0 radical (unpaired) electrons. The maximum absolute atomic E-state index is 10.9. The Morgan fingerprint density at radius 1 is 1.26 bits per heavy atom. The van der Waals surface area contributed by atoms with E-state index < -0.39 is 5.97 Å². The molecule has 1 rings (SSSR count). The van der Waals surface area contributed by atoms with Crippen LogP contribution in [0.4, 0.5) is 0 Å². The fourth-order valence-corrected chi connectivity index (χ4v) is 2.08. The van der Waals surface area contributed by atoms with E-state index >= 15 is 0 Å². The van der Waals surface area contributed by atoms with Crippen LogP contribution >= 0.6 is 0 Å². The zero-order valence-corrected chi connectivity index (χ0v) is 12.2. The van der Waals surface area contributed by atoms with Crippen molar-refractivity contribution < 1.29 is 14.6 Å². The van der Waals surface area contributed by atoms with Gasteiger partial charge in [0, 0.05) is 6.08 Å². The van der Waals surface area contributed by atoms with Gasteiger partial charge in [0.15, 0.2) is 0 Å². The highest BCUT2D eigenvalue weighted by atomic mass is 16.5. The van der Waals surface area contributed by atoms with E-state index in [1.165, 1.54) is 6.08 Å². The monoisotopic (exact) mass is 262 g/mol. The molecule has 0 atom stereocenters. The van der Waals surface area contributed by atoms with Gasteiger partial charge < -0.3 is 9.84 Å². The summed E-state index contributed by atoms with van der Waals surface area (Å²) in [6.45, 7) is 8.18. The number of methoxy groups -OCH3 is 1. The number of rotatable bonds is 5. The van der Waals surface area contributed by atoms with Crippen molar-refractivity contribution in [3.63, 3.8) is 0 Å². The minimum Gasteiger partial charge on any atom is -0.496 e. The average molecular weight is 262 g/mol. The van der Waals surface area contributed by atoms with Crippen molar-refractivity contribution in [1.29, 1.82) is 0 Å². The van der Waals surface area contributed by atoms with Crippen molar-refractivity contribution in [2.75, 3.05) is 7.11 Å². The third kappa shape index (κ3) is 3.85. The maximum Gasteiger partial charge on any atom is 0.328 e. The fourth-order valence-electron chi connectivity index (χ4n) is 2.08. The van der Waals surface area contributed by atoms with E-state index in [2.05, 4.69) is 13.8 Å². The molecule has 104 valence electrons. The van der Waals surface area contributed by atoms with Crippen molar-refractivity contribution in [1.82, 2.24) is 0 Å². The number of carbonyl (C=O) groups is 1. The molecule has 0 saturated heterocycles. The number of allylic oxidation sites excluding steroid dienone is 1. The lowest BCUT2D eigenvalue weighted by molar-refractivity contribution is -0.131. The Hall–Kier alpha value is -1.77. The summed E-state index contributed by atoms with van der Waals surface area (Å²) in [5.74, 6) is 0.417. The third-order valence-corrected chi connectivity index (χ3v) is 3.09. The lowest BCUT2D eigenvalue weighted by Gasteiger charge is -2.16. The highest BCUT2D eigenvalue weighted by molar-refractivity contribution is 5.90. The molecule has 3 heteroatoms. The van der Waals surface area contributed by atoms with E-state index in [9.17, 15) is 4.79 Å². The van der Waals surface area contributed by atoms with Gasteiger partial charge in [-0.25, -0.2) is 4.79 Å². The van der Waals surface area contributed by atoms with Gasteiger partial charge in [-0.3, -0.25) is 0 Å². The number of carboxylic acids is 1. The van der Waals surface area contributed by atoms with Gasteiger partial charge in [0.1, 0.15) is 5.75 Å². The zero-order chi connectivity index (χ0) is 14.6. The summed E-state index contributed by atoms with van der Waals surface area (Å²) in [5, 5.41) is 8.97. The highest BCUT2D eigenvalue weighted by Gasteiger charge is 2.13. The summed E-state index contributed by atoms with van der Waals surface area (Å²) in [5.41, 5.74) is 2.87. The first-order valence-electron chi connectivity index (χ1n) is 6.49. The van der Waals surface area contributed by atoms with Gasteiger partial charge in [0.25, 0.3) is 0 Å². The van der Waals surface area contributed by atoms with Gasteiger partial charge in [-0.15, -0.1) is 0 Å². The fraction of sp³-hybridized carbons (Fsp3) is 0.438. The molecule has 0 aliphatic heterocycles. The van der Waals surface area contributed by atoms with Crippen molar-refractivity contribution in [2.24, 2.45) is 5.92 Å². The first kappa shape index (κ1) is 15.3. The van der Waals surface area contributed by atoms with Gasteiger partial charge in [0.05, 0.1) is 7.11 Å². The molecule has 0 aliphatic rings. The molecule has 0 unspecified atom stereocenters. The summed E-state index contributed by atoms with van der Waals surface area (Å²) in [6, 6.07) is 5.85. The van der Waals surface area contributed by atoms with Crippen LogP contribution in [0.25, 0.3) is 5.57 Å². The van der Waals surface area contributed by atoms with Crippen LogP contribution in [0.1, 0.15) is 44.7 Å². The van der Waals surface area contributed by atoms with E-state index in [1.54, 1.807) is 7.11 Å². The topological polar surface area (TPSA) is 46.5 Å². The maximum atomic E-state index is 10.9. The SMILES string of the molecule is COc1ccc(/C(=C/C(=O)O)C(C)C)cc1C(C)C. The lowest BCUT2D eigenvalue weighted by Crippen LogP contribution is -2.01. The van der Waals surface area contributed by atoms with Crippen LogP contribution in [0.2, 0.25) is 0 Å². The molecule has 0 amide bonds. The van der Waals surface area contributed by atoms with Crippen molar-refractivity contribution >= 4 is 11.5 Å². The molecule has 0 aliphatic carbocycles. The standard InChI is InChI=1S/C16H22O3/c1-10(2)13(9-16(17)18)12-6-7-15(19-5)14(8-12)11(3)4/h6-11H,1-5H3,(H,17,18)/b13-9+. The minimum atomic E-state index is -0.911. The Bertz CT molecular complexity index is 485. The van der Waals surface area contributed by atoms with Crippen LogP contribution in [0.3, 0.4) is 0 Å². The Labute approximate surface area is 114 Å².